The zero-order valence-corrected chi connectivity index (χ0v) is 12.2. The summed E-state index contributed by atoms with van der Waals surface area (Å²) in [5.41, 5.74) is 0.141. The van der Waals surface area contributed by atoms with Gasteiger partial charge in [-0.05, 0) is 17.5 Å². The highest BCUT2D eigenvalue weighted by atomic mass is 35.5. The molecule has 0 aliphatic carbocycles. The van der Waals surface area contributed by atoms with Crippen LogP contribution in [0.5, 0.6) is 0 Å². The first-order valence-corrected chi connectivity index (χ1v) is 7.00. The van der Waals surface area contributed by atoms with Crippen LogP contribution in [0.4, 0.5) is 0 Å². The van der Waals surface area contributed by atoms with Gasteiger partial charge in [-0.3, -0.25) is 4.79 Å². The molecule has 1 amide bonds. The lowest BCUT2D eigenvalue weighted by atomic mass is 10.2. The number of carboxylic acids is 1. The molecule has 5 nitrogen and oxygen atoms in total. The molecule has 1 unspecified atom stereocenters. The van der Waals surface area contributed by atoms with Crippen molar-refractivity contribution in [1.29, 1.82) is 0 Å². The molecule has 0 aromatic carbocycles. The molecule has 8 heteroatoms. The van der Waals surface area contributed by atoms with Crippen LogP contribution in [-0.4, -0.2) is 22.0 Å². The lowest BCUT2D eigenvalue weighted by Gasteiger charge is -2.13. The van der Waals surface area contributed by atoms with Crippen molar-refractivity contribution in [3.63, 3.8) is 0 Å². The largest absolute Gasteiger partial charge is 0.479 e. The van der Waals surface area contributed by atoms with E-state index in [9.17, 15) is 9.59 Å². The van der Waals surface area contributed by atoms with Crippen molar-refractivity contribution < 1.29 is 14.7 Å². The number of halogens is 2. The molecular weight excluding hydrogens is 323 g/mol. The van der Waals surface area contributed by atoms with Crippen LogP contribution in [-0.2, 0) is 4.79 Å². The highest BCUT2D eigenvalue weighted by Crippen LogP contribution is 2.22. The van der Waals surface area contributed by atoms with E-state index in [0.29, 0.717) is 4.88 Å². The Morgan fingerprint density at radius 1 is 1.40 bits per heavy atom. The molecule has 2 aromatic heterocycles. The molecule has 104 valence electrons. The minimum absolute atomic E-state index is 0.0799. The summed E-state index contributed by atoms with van der Waals surface area (Å²) in [5.74, 6) is -1.73. The second-order valence-electron chi connectivity index (χ2n) is 3.76. The van der Waals surface area contributed by atoms with Crippen LogP contribution in [0.2, 0.25) is 10.2 Å². The fourth-order valence-corrected chi connectivity index (χ4v) is 2.51. The molecule has 1 atom stereocenters. The number of hydrogen-bond donors (Lipinski definition) is 2. The normalized spacial score (nSPS) is 11.9. The SMILES string of the molecule is O=C(NC(C(=O)O)c1cccs1)c1cnc(Cl)c(Cl)c1. The van der Waals surface area contributed by atoms with Crippen molar-refractivity contribution in [2.45, 2.75) is 6.04 Å². The zero-order chi connectivity index (χ0) is 14.7. The molecule has 0 aliphatic heterocycles. The molecule has 0 bridgehead atoms. The third-order valence-electron chi connectivity index (χ3n) is 2.41. The van der Waals surface area contributed by atoms with Crippen molar-refractivity contribution >= 4 is 46.4 Å². The van der Waals surface area contributed by atoms with Crippen LogP contribution < -0.4 is 5.32 Å². The zero-order valence-electron chi connectivity index (χ0n) is 9.84. The number of carbonyl (C=O) groups excluding carboxylic acids is 1. The summed E-state index contributed by atoms with van der Waals surface area (Å²) >= 11 is 12.7. The maximum absolute atomic E-state index is 12.0. The number of pyridine rings is 1. The average molecular weight is 331 g/mol. The highest BCUT2D eigenvalue weighted by molar-refractivity contribution is 7.10. The molecule has 0 aliphatic rings. The third kappa shape index (κ3) is 3.27. The van der Waals surface area contributed by atoms with Gasteiger partial charge in [-0.15, -0.1) is 11.3 Å². The summed E-state index contributed by atoms with van der Waals surface area (Å²) in [6.07, 6.45) is 1.23. The van der Waals surface area contributed by atoms with Gasteiger partial charge in [-0.25, -0.2) is 9.78 Å². The number of aromatic nitrogens is 1. The molecule has 0 fully saturated rings. The molecule has 0 radical (unpaired) electrons. The van der Waals surface area contributed by atoms with Crippen LogP contribution in [0.1, 0.15) is 21.3 Å². The summed E-state index contributed by atoms with van der Waals surface area (Å²) in [7, 11) is 0. The summed E-state index contributed by atoms with van der Waals surface area (Å²) < 4.78 is 0. The molecular formula is C12H8Cl2N2O3S. The van der Waals surface area contributed by atoms with Gasteiger partial charge < -0.3 is 10.4 Å². The lowest BCUT2D eigenvalue weighted by molar-refractivity contribution is -0.139. The third-order valence-corrected chi connectivity index (χ3v) is 4.03. The number of carboxylic acid groups (broad SMARTS) is 1. The van der Waals surface area contributed by atoms with Gasteiger partial charge in [0.05, 0.1) is 10.6 Å². The first kappa shape index (κ1) is 14.8. The van der Waals surface area contributed by atoms with Crippen molar-refractivity contribution in [2.75, 3.05) is 0 Å². The van der Waals surface area contributed by atoms with E-state index in [1.54, 1.807) is 17.5 Å². The molecule has 2 rings (SSSR count). The van der Waals surface area contributed by atoms with Gasteiger partial charge in [0.25, 0.3) is 5.91 Å². The quantitative estimate of drug-likeness (QED) is 0.844. The Morgan fingerprint density at radius 3 is 2.70 bits per heavy atom. The smallest absolute Gasteiger partial charge is 0.331 e. The van der Waals surface area contributed by atoms with Gasteiger partial charge in [0.1, 0.15) is 5.15 Å². The first-order chi connectivity index (χ1) is 9.49. The maximum atomic E-state index is 12.0. The van der Waals surface area contributed by atoms with E-state index < -0.39 is 17.9 Å². The van der Waals surface area contributed by atoms with Crippen LogP contribution in [0, 0.1) is 0 Å². The Labute approximate surface area is 128 Å². The Kier molecular flexibility index (Phi) is 4.59. The van der Waals surface area contributed by atoms with Crippen molar-refractivity contribution in [3.05, 3.63) is 50.4 Å². The monoisotopic (exact) mass is 330 g/mol. The van der Waals surface area contributed by atoms with E-state index in [0.717, 1.165) is 0 Å². The van der Waals surface area contributed by atoms with Crippen LogP contribution in [0.25, 0.3) is 0 Å². The Hall–Kier alpha value is -1.63. The fourth-order valence-electron chi connectivity index (χ4n) is 1.47. The van der Waals surface area contributed by atoms with Gasteiger partial charge in [-0.1, -0.05) is 29.3 Å². The molecule has 2 heterocycles. The molecule has 20 heavy (non-hydrogen) atoms. The highest BCUT2D eigenvalue weighted by Gasteiger charge is 2.23. The first-order valence-electron chi connectivity index (χ1n) is 5.37. The van der Waals surface area contributed by atoms with E-state index in [4.69, 9.17) is 28.3 Å². The number of nitrogens with zero attached hydrogens (tertiary/aromatic N) is 1. The molecule has 2 aromatic rings. The van der Waals surface area contributed by atoms with Gasteiger partial charge >= 0.3 is 5.97 Å². The van der Waals surface area contributed by atoms with Gasteiger partial charge in [0.15, 0.2) is 6.04 Å². The molecule has 2 N–H and O–H groups in total. The van der Waals surface area contributed by atoms with Crippen LogP contribution in [0.3, 0.4) is 0 Å². The number of hydrogen-bond acceptors (Lipinski definition) is 4. The van der Waals surface area contributed by atoms with E-state index in [-0.39, 0.29) is 15.7 Å². The van der Waals surface area contributed by atoms with E-state index in [1.165, 1.54) is 23.6 Å². The fraction of sp³-hybridized carbons (Fsp3) is 0.0833. The Bertz CT molecular complexity index is 646. The number of aliphatic carboxylic acids is 1. The predicted molar refractivity (Wildman–Crippen MR) is 76.4 cm³/mol. The van der Waals surface area contributed by atoms with Crippen molar-refractivity contribution in [3.8, 4) is 0 Å². The summed E-state index contributed by atoms with van der Waals surface area (Å²) in [6, 6.07) is 3.57. The summed E-state index contributed by atoms with van der Waals surface area (Å²) in [6.45, 7) is 0. The standard InChI is InChI=1S/C12H8Cl2N2O3S/c13-7-4-6(5-15-10(7)14)11(17)16-9(12(18)19)8-2-1-3-20-8/h1-5,9H,(H,16,17)(H,18,19). The average Bonchev–Trinajstić information content (AvgIpc) is 2.92. The summed E-state index contributed by atoms with van der Waals surface area (Å²) in [4.78, 5) is 27.5. The number of rotatable bonds is 4. The Balaban J connectivity index is 2.20. The number of amides is 1. The van der Waals surface area contributed by atoms with Crippen LogP contribution >= 0.6 is 34.5 Å². The van der Waals surface area contributed by atoms with E-state index in [1.807, 2.05) is 0 Å². The molecule has 0 saturated heterocycles. The molecule has 0 saturated carbocycles. The Morgan fingerprint density at radius 2 is 2.15 bits per heavy atom. The van der Waals surface area contributed by atoms with Gasteiger partial charge in [0, 0.05) is 11.1 Å². The van der Waals surface area contributed by atoms with Gasteiger partial charge in [-0.2, -0.15) is 0 Å². The van der Waals surface area contributed by atoms with Crippen molar-refractivity contribution in [2.24, 2.45) is 0 Å². The predicted octanol–water partition coefficient (Wildman–Crippen LogP) is 3.01. The van der Waals surface area contributed by atoms with Crippen LogP contribution in [0.15, 0.2) is 29.8 Å². The second kappa shape index (κ2) is 6.21. The van der Waals surface area contributed by atoms with Gasteiger partial charge in [0.2, 0.25) is 0 Å². The number of thiophene rings is 1. The van der Waals surface area contributed by atoms with Crippen molar-refractivity contribution in [1.82, 2.24) is 10.3 Å². The van der Waals surface area contributed by atoms with E-state index in [2.05, 4.69) is 10.3 Å². The lowest BCUT2D eigenvalue weighted by Crippen LogP contribution is -2.33. The minimum atomic E-state index is -1.14. The molecule has 0 spiro atoms. The van der Waals surface area contributed by atoms with E-state index >= 15 is 0 Å². The second-order valence-corrected chi connectivity index (χ2v) is 5.50. The minimum Gasteiger partial charge on any atom is -0.479 e. The topological polar surface area (TPSA) is 79.3 Å². The maximum Gasteiger partial charge on any atom is 0.331 e. The number of carbonyl (C=O) groups is 2. The number of nitrogens with one attached hydrogen (secondary N) is 1. The summed E-state index contributed by atoms with van der Waals surface area (Å²) in [5, 5.41) is 13.5.